The Hall–Kier alpha value is -2.42. The number of amides is 1. The van der Waals surface area contributed by atoms with E-state index in [1.165, 1.54) is 29.5 Å². The molecule has 1 aliphatic carbocycles. The van der Waals surface area contributed by atoms with E-state index in [9.17, 15) is 4.79 Å². The van der Waals surface area contributed by atoms with Crippen molar-refractivity contribution in [2.24, 2.45) is 0 Å². The van der Waals surface area contributed by atoms with E-state index in [1.54, 1.807) is 0 Å². The molecule has 3 rings (SSSR count). The molecule has 1 amide bonds. The number of hydrogen-bond acceptors (Lipinski definition) is 2. The predicted molar refractivity (Wildman–Crippen MR) is 136 cm³/mol. The number of benzene rings is 1. The molecule has 0 saturated carbocycles. The lowest BCUT2D eigenvalue weighted by atomic mass is 9.63. The van der Waals surface area contributed by atoms with Crippen LogP contribution in [0, 0.1) is 0 Å². The van der Waals surface area contributed by atoms with Crippen LogP contribution >= 0.6 is 0 Å². The first-order valence-electron chi connectivity index (χ1n) is 12.0. The van der Waals surface area contributed by atoms with Gasteiger partial charge in [0.2, 0.25) is 0 Å². The van der Waals surface area contributed by atoms with Crippen molar-refractivity contribution in [1.82, 2.24) is 9.88 Å². The Kier molecular flexibility index (Phi) is 6.70. The molecule has 172 valence electrons. The minimum atomic E-state index is -0.0114. The summed E-state index contributed by atoms with van der Waals surface area (Å²) in [5, 5.41) is 0. The van der Waals surface area contributed by atoms with Crippen molar-refractivity contribution < 1.29 is 4.79 Å². The van der Waals surface area contributed by atoms with Gasteiger partial charge >= 0.3 is 0 Å². The average Bonchev–Trinajstić information content (AvgIpc) is 2.71. The zero-order valence-electron chi connectivity index (χ0n) is 21.4. The van der Waals surface area contributed by atoms with E-state index in [2.05, 4.69) is 63.9 Å². The van der Waals surface area contributed by atoms with Gasteiger partial charge in [0.15, 0.2) is 0 Å². The van der Waals surface area contributed by atoms with Crippen LogP contribution in [0.25, 0.3) is 11.6 Å². The van der Waals surface area contributed by atoms with Crippen molar-refractivity contribution in [3.8, 4) is 0 Å². The molecular weight excluding hydrogens is 392 g/mol. The fourth-order valence-electron chi connectivity index (χ4n) is 4.98. The number of rotatable bonds is 5. The molecule has 3 nitrogen and oxygen atoms in total. The van der Waals surface area contributed by atoms with Crippen molar-refractivity contribution in [2.75, 3.05) is 0 Å². The third kappa shape index (κ3) is 4.82. The molecule has 0 N–H and O–H groups in total. The van der Waals surface area contributed by atoms with Crippen LogP contribution in [0.1, 0.15) is 108 Å². The summed E-state index contributed by atoms with van der Waals surface area (Å²) < 4.78 is 0. The molecule has 0 atom stereocenters. The Bertz CT molecular complexity index is 1000. The molecule has 1 aromatic heterocycles. The summed E-state index contributed by atoms with van der Waals surface area (Å²) in [6.07, 6.45) is 6.49. The van der Waals surface area contributed by atoms with Crippen LogP contribution in [0.5, 0.6) is 0 Å². The first-order chi connectivity index (χ1) is 14.8. The van der Waals surface area contributed by atoms with Crippen LogP contribution in [0.2, 0.25) is 0 Å². The SMILES string of the molecule is C/C(=C/c1ccc2c(c1)C(C)(C)CCC2(C)C)c1ccc(C(=O)N(C(C)C)C(C)C)nc1. The van der Waals surface area contributed by atoms with Gasteiger partial charge in [-0.1, -0.05) is 58.0 Å². The molecule has 1 aliphatic rings. The number of nitrogens with zero attached hydrogens (tertiary/aromatic N) is 2. The minimum absolute atomic E-state index is 0.0114. The zero-order valence-corrected chi connectivity index (χ0v) is 21.4. The normalized spacial score (nSPS) is 17.4. The fraction of sp³-hybridized carbons (Fsp3) is 0.517. The second-order valence-electron chi connectivity index (χ2n) is 11.2. The highest BCUT2D eigenvalue weighted by atomic mass is 16.2. The molecule has 32 heavy (non-hydrogen) atoms. The Morgan fingerprint density at radius 3 is 2.06 bits per heavy atom. The van der Waals surface area contributed by atoms with Gasteiger partial charge in [-0.3, -0.25) is 9.78 Å². The molecule has 0 spiro atoms. The largest absolute Gasteiger partial charge is 0.332 e. The van der Waals surface area contributed by atoms with Crippen LogP contribution in [0.15, 0.2) is 36.5 Å². The number of allylic oxidation sites excluding steroid dienone is 1. The standard InChI is InChI=1S/C29H40N2O/c1-19(2)31(20(3)4)27(32)26-13-11-23(18-30-26)21(5)16-22-10-12-24-25(17-22)29(8,9)15-14-28(24,6)7/h10-13,16-20H,14-15H2,1-9H3/b21-16-. The van der Waals surface area contributed by atoms with Gasteiger partial charge in [0.1, 0.15) is 5.69 Å². The number of fused-ring (bicyclic) bond motifs is 1. The number of carbonyl (C=O) groups excluding carboxylic acids is 1. The zero-order chi connectivity index (χ0) is 23.8. The highest BCUT2D eigenvalue weighted by Gasteiger charge is 2.36. The van der Waals surface area contributed by atoms with Crippen LogP contribution in [-0.2, 0) is 10.8 Å². The highest BCUT2D eigenvalue weighted by molar-refractivity contribution is 5.93. The molecule has 1 aromatic carbocycles. The molecule has 1 heterocycles. The van der Waals surface area contributed by atoms with E-state index >= 15 is 0 Å². The number of pyridine rings is 1. The molecule has 3 heteroatoms. The first kappa shape index (κ1) is 24.2. The van der Waals surface area contributed by atoms with Gasteiger partial charge in [0.05, 0.1) is 0 Å². The van der Waals surface area contributed by atoms with Crippen LogP contribution < -0.4 is 0 Å². The summed E-state index contributed by atoms with van der Waals surface area (Å²) in [6, 6.07) is 11.1. The van der Waals surface area contributed by atoms with Gasteiger partial charge < -0.3 is 4.90 Å². The fourth-order valence-corrected chi connectivity index (χ4v) is 4.98. The average molecular weight is 433 g/mol. The maximum atomic E-state index is 12.9. The summed E-state index contributed by atoms with van der Waals surface area (Å²) in [5.41, 5.74) is 7.29. The summed E-state index contributed by atoms with van der Waals surface area (Å²) in [7, 11) is 0. The lowest BCUT2D eigenvalue weighted by Gasteiger charge is -2.42. The second-order valence-corrected chi connectivity index (χ2v) is 11.2. The molecular formula is C29H40N2O. The van der Waals surface area contributed by atoms with E-state index < -0.39 is 0 Å². The van der Waals surface area contributed by atoms with E-state index in [0.717, 1.165) is 11.1 Å². The number of aromatic nitrogens is 1. The summed E-state index contributed by atoms with van der Waals surface area (Å²) in [4.78, 5) is 19.3. The number of hydrogen-bond donors (Lipinski definition) is 0. The van der Waals surface area contributed by atoms with Crippen molar-refractivity contribution >= 4 is 17.6 Å². The monoisotopic (exact) mass is 432 g/mol. The van der Waals surface area contributed by atoms with E-state index in [1.807, 2.05) is 50.9 Å². The maximum Gasteiger partial charge on any atom is 0.272 e. The Balaban J connectivity index is 1.88. The summed E-state index contributed by atoms with van der Waals surface area (Å²) in [6.45, 7) is 19.7. The van der Waals surface area contributed by atoms with Gasteiger partial charge in [-0.2, -0.15) is 0 Å². The molecule has 2 aromatic rings. The van der Waals surface area contributed by atoms with Gasteiger partial charge in [0, 0.05) is 18.3 Å². The lowest BCUT2D eigenvalue weighted by molar-refractivity contribution is 0.0637. The smallest absolute Gasteiger partial charge is 0.272 e. The van der Waals surface area contributed by atoms with E-state index in [4.69, 9.17) is 0 Å². The van der Waals surface area contributed by atoms with Gasteiger partial charge in [0.25, 0.3) is 5.91 Å². The van der Waals surface area contributed by atoms with Crippen LogP contribution in [0.3, 0.4) is 0 Å². The van der Waals surface area contributed by atoms with Crippen molar-refractivity contribution in [2.45, 2.75) is 98.1 Å². The van der Waals surface area contributed by atoms with Gasteiger partial charge in [-0.25, -0.2) is 0 Å². The molecule has 0 unspecified atom stereocenters. The third-order valence-corrected chi connectivity index (χ3v) is 7.05. The minimum Gasteiger partial charge on any atom is -0.332 e. The summed E-state index contributed by atoms with van der Waals surface area (Å²) >= 11 is 0. The molecule has 0 radical (unpaired) electrons. The quantitative estimate of drug-likeness (QED) is 0.498. The molecule has 0 aliphatic heterocycles. The first-order valence-corrected chi connectivity index (χ1v) is 12.0. The summed E-state index contributed by atoms with van der Waals surface area (Å²) in [5.74, 6) is -0.0114. The number of carbonyl (C=O) groups is 1. The van der Waals surface area contributed by atoms with Crippen molar-refractivity contribution in [1.29, 1.82) is 0 Å². The predicted octanol–water partition coefficient (Wildman–Crippen LogP) is 7.25. The molecule has 0 bridgehead atoms. The Morgan fingerprint density at radius 1 is 0.938 bits per heavy atom. The maximum absolute atomic E-state index is 12.9. The van der Waals surface area contributed by atoms with Crippen molar-refractivity contribution in [3.05, 3.63) is 64.5 Å². The van der Waals surface area contributed by atoms with Gasteiger partial charge in [-0.15, -0.1) is 0 Å². The topological polar surface area (TPSA) is 33.2 Å². The highest BCUT2D eigenvalue weighted by Crippen LogP contribution is 2.46. The van der Waals surface area contributed by atoms with Gasteiger partial charge in [-0.05, 0) is 92.2 Å². The van der Waals surface area contributed by atoms with E-state index in [-0.39, 0.29) is 28.8 Å². The van der Waals surface area contributed by atoms with Crippen molar-refractivity contribution in [3.63, 3.8) is 0 Å². The molecule has 0 fully saturated rings. The van der Waals surface area contributed by atoms with Crippen LogP contribution in [0.4, 0.5) is 0 Å². The van der Waals surface area contributed by atoms with E-state index in [0.29, 0.717) is 5.69 Å². The Morgan fingerprint density at radius 2 is 1.53 bits per heavy atom. The van der Waals surface area contributed by atoms with Crippen LogP contribution in [-0.4, -0.2) is 27.9 Å². The molecule has 0 saturated heterocycles. The third-order valence-electron chi connectivity index (χ3n) is 7.05. The Labute approximate surface area is 195 Å². The second kappa shape index (κ2) is 8.84. The lowest BCUT2D eigenvalue weighted by Crippen LogP contribution is -2.42.